The molecule has 0 saturated carbocycles. The van der Waals surface area contributed by atoms with Crippen molar-refractivity contribution in [3.8, 4) is 0 Å². The Morgan fingerprint density at radius 1 is 0.700 bits per heavy atom. The van der Waals surface area contributed by atoms with E-state index in [1.54, 1.807) is 0 Å². The van der Waals surface area contributed by atoms with Crippen LogP contribution in [-0.4, -0.2) is 32.6 Å². The van der Waals surface area contributed by atoms with Crippen molar-refractivity contribution in [2.45, 2.75) is 116 Å². The minimum atomic E-state index is -0.107. The molecule has 0 aromatic carbocycles. The standard InChI is InChI=1S/C26H48O4/c1-4-6-8-10-15-19-23-29-26(30-24-20-16-11-9-7-5-2)22-18-14-12-13-17-21-25(27)28-3/h10-11,15-16,26H,4-9,12-14,17-24H2,1-3H3/b15-10-,16-11-. The van der Waals surface area contributed by atoms with Gasteiger partial charge in [0.25, 0.3) is 0 Å². The lowest BCUT2D eigenvalue weighted by Gasteiger charge is -2.18. The lowest BCUT2D eigenvalue weighted by atomic mass is 10.1. The van der Waals surface area contributed by atoms with E-state index in [0.717, 1.165) is 77.4 Å². The molecule has 0 unspecified atom stereocenters. The third-order valence-electron chi connectivity index (χ3n) is 5.01. The molecule has 0 amide bonds. The molecule has 0 aromatic rings. The first-order chi connectivity index (χ1) is 14.7. The number of esters is 1. The Labute approximate surface area is 186 Å². The SMILES string of the molecule is CCCC/C=C\CCOC(CCCCCCCC(=O)OC)OCC/C=C\CCCC. The molecule has 0 aliphatic heterocycles. The number of carbonyl (C=O) groups is 1. The maximum atomic E-state index is 11.1. The van der Waals surface area contributed by atoms with Crippen LogP contribution >= 0.6 is 0 Å². The molecule has 0 aromatic heterocycles. The van der Waals surface area contributed by atoms with Crippen LogP contribution in [0, 0.1) is 0 Å². The topological polar surface area (TPSA) is 44.8 Å². The summed E-state index contributed by atoms with van der Waals surface area (Å²) in [6, 6.07) is 0. The highest BCUT2D eigenvalue weighted by atomic mass is 16.7. The van der Waals surface area contributed by atoms with E-state index in [1.165, 1.54) is 32.8 Å². The second-order valence-electron chi connectivity index (χ2n) is 7.86. The van der Waals surface area contributed by atoms with Gasteiger partial charge in [-0.3, -0.25) is 4.79 Å². The number of methoxy groups -OCH3 is 1. The molecule has 4 heteroatoms. The predicted molar refractivity (Wildman–Crippen MR) is 127 cm³/mol. The monoisotopic (exact) mass is 424 g/mol. The normalized spacial score (nSPS) is 11.9. The van der Waals surface area contributed by atoms with E-state index in [4.69, 9.17) is 9.47 Å². The average molecular weight is 425 g/mol. The van der Waals surface area contributed by atoms with Crippen molar-refractivity contribution >= 4 is 5.97 Å². The number of hydrogen-bond acceptors (Lipinski definition) is 4. The highest BCUT2D eigenvalue weighted by molar-refractivity contribution is 5.68. The maximum Gasteiger partial charge on any atom is 0.305 e. The van der Waals surface area contributed by atoms with Gasteiger partial charge in [-0.05, 0) is 44.9 Å². The highest BCUT2D eigenvalue weighted by Gasteiger charge is 2.09. The van der Waals surface area contributed by atoms with Gasteiger partial charge in [0.1, 0.15) is 0 Å². The number of ether oxygens (including phenoxy) is 3. The summed E-state index contributed by atoms with van der Waals surface area (Å²) in [7, 11) is 1.45. The fraction of sp³-hybridized carbons (Fsp3) is 0.808. The Hall–Kier alpha value is -1.13. The Kier molecular flexibility index (Phi) is 23.2. The molecule has 0 radical (unpaired) electrons. The van der Waals surface area contributed by atoms with E-state index < -0.39 is 0 Å². The van der Waals surface area contributed by atoms with Crippen LogP contribution in [0.5, 0.6) is 0 Å². The molecule has 0 spiro atoms. The number of rotatable bonds is 22. The van der Waals surface area contributed by atoms with Crippen LogP contribution < -0.4 is 0 Å². The fourth-order valence-corrected chi connectivity index (χ4v) is 3.08. The van der Waals surface area contributed by atoms with E-state index in [0.29, 0.717) is 6.42 Å². The minimum Gasteiger partial charge on any atom is -0.469 e. The van der Waals surface area contributed by atoms with Gasteiger partial charge in [-0.1, -0.05) is 83.1 Å². The van der Waals surface area contributed by atoms with Crippen LogP contribution in [0.4, 0.5) is 0 Å². The predicted octanol–water partition coefficient (Wildman–Crippen LogP) is 7.52. The number of hydrogen-bond donors (Lipinski definition) is 0. The summed E-state index contributed by atoms with van der Waals surface area (Å²) in [6.45, 7) is 5.88. The van der Waals surface area contributed by atoms with E-state index in [1.807, 2.05) is 0 Å². The van der Waals surface area contributed by atoms with Crippen LogP contribution in [0.25, 0.3) is 0 Å². The lowest BCUT2D eigenvalue weighted by molar-refractivity contribution is -0.144. The molecule has 0 N–H and O–H groups in total. The first-order valence-electron chi connectivity index (χ1n) is 12.3. The Morgan fingerprint density at radius 3 is 1.73 bits per heavy atom. The summed E-state index contributed by atoms with van der Waals surface area (Å²) in [6.07, 6.45) is 25.0. The van der Waals surface area contributed by atoms with E-state index in [9.17, 15) is 4.79 Å². The third-order valence-corrected chi connectivity index (χ3v) is 5.01. The summed E-state index contributed by atoms with van der Waals surface area (Å²) in [5, 5.41) is 0. The molecule has 176 valence electrons. The smallest absolute Gasteiger partial charge is 0.305 e. The molecule has 4 nitrogen and oxygen atoms in total. The molecular formula is C26H48O4. The van der Waals surface area contributed by atoms with Gasteiger partial charge in [-0.25, -0.2) is 0 Å². The Morgan fingerprint density at radius 2 is 1.20 bits per heavy atom. The minimum absolute atomic E-state index is 0.104. The van der Waals surface area contributed by atoms with Crippen LogP contribution in [0.2, 0.25) is 0 Å². The van der Waals surface area contributed by atoms with Gasteiger partial charge in [-0.2, -0.15) is 0 Å². The molecule has 0 saturated heterocycles. The van der Waals surface area contributed by atoms with Crippen LogP contribution in [0.1, 0.15) is 110 Å². The van der Waals surface area contributed by atoms with E-state index >= 15 is 0 Å². The Balaban J connectivity index is 4.00. The molecular weight excluding hydrogens is 376 g/mol. The average Bonchev–Trinajstić information content (AvgIpc) is 2.76. The van der Waals surface area contributed by atoms with Crippen molar-refractivity contribution < 1.29 is 19.0 Å². The molecule has 30 heavy (non-hydrogen) atoms. The molecule has 0 rings (SSSR count). The molecule has 0 fully saturated rings. The van der Waals surface area contributed by atoms with E-state index in [-0.39, 0.29) is 12.3 Å². The molecule has 0 atom stereocenters. The van der Waals surface area contributed by atoms with Crippen molar-refractivity contribution in [3.05, 3.63) is 24.3 Å². The summed E-state index contributed by atoms with van der Waals surface area (Å²) in [5.41, 5.74) is 0. The van der Waals surface area contributed by atoms with Crippen LogP contribution in [0.15, 0.2) is 24.3 Å². The molecule has 0 heterocycles. The maximum absolute atomic E-state index is 11.1. The zero-order chi connectivity index (χ0) is 22.1. The first-order valence-corrected chi connectivity index (χ1v) is 12.3. The highest BCUT2D eigenvalue weighted by Crippen LogP contribution is 2.13. The van der Waals surface area contributed by atoms with Gasteiger partial charge in [0.15, 0.2) is 6.29 Å². The van der Waals surface area contributed by atoms with Gasteiger partial charge in [0.2, 0.25) is 0 Å². The Bertz CT molecular complexity index is 393. The quantitative estimate of drug-likeness (QED) is 0.0780. The van der Waals surface area contributed by atoms with Gasteiger partial charge >= 0.3 is 5.97 Å². The van der Waals surface area contributed by atoms with Crippen molar-refractivity contribution in [1.82, 2.24) is 0 Å². The number of carbonyl (C=O) groups excluding carboxylic acids is 1. The summed E-state index contributed by atoms with van der Waals surface area (Å²) in [5.74, 6) is -0.107. The fourth-order valence-electron chi connectivity index (χ4n) is 3.08. The van der Waals surface area contributed by atoms with Gasteiger partial charge in [0, 0.05) is 6.42 Å². The van der Waals surface area contributed by atoms with Crippen molar-refractivity contribution in [2.75, 3.05) is 20.3 Å². The van der Waals surface area contributed by atoms with Gasteiger partial charge in [0.05, 0.1) is 20.3 Å². The zero-order valence-corrected chi connectivity index (χ0v) is 20.0. The zero-order valence-electron chi connectivity index (χ0n) is 20.0. The summed E-state index contributed by atoms with van der Waals surface area (Å²) in [4.78, 5) is 11.1. The van der Waals surface area contributed by atoms with Gasteiger partial charge in [-0.15, -0.1) is 0 Å². The lowest BCUT2D eigenvalue weighted by Crippen LogP contribution is -2.18. The summed E-state index contributed by atoms with van der Waals surface area (Å²) >= 11 is 0. The van der Waals surface area contributed by atoms with Crippen molar-refractivity contribution in [2.24, 2.45) is 0 Å². The first kappa shape index (κ1) is 28.9. The summed E-state index contributed by atoms with van der Waals surface area (Å²) < 4.78 is 16.7. The number of unbranched alkanes of at least 4 members (excludes halogenated alkanes) is 8. The molecule has 0 aliphatic carbocycles. The largest absolute Gasteiger partial charge is 0.469 e. The number of allylic oxidation sites excluding steroid dienone is 2. The van der Waals surface area contributed by atoms with Crippen molar-refractivity contribution in [3.63, 3.8) is 0 Å². The molecule has 0 bridgehead atoms. The second-order valence-corrected chi connectivity index (χ2v) is 7.86. The van der Waals surface area contributed by atoms with Crippen LogP contribution in [-0.2, 0) is 19.0 Å². The molecule has 0 aliphatic rings. The third kappa shape index (κ3) is 21.6. The van der Waals surface area contributed by atoms with Crippen LogP contribution in [0.3, 0.4) is 0 Å². The van der Waals surface area contributed by atoms with Crippen molar-refractivity contribution in [1.29, 1.82) is 0 Å². The van der Waals surface area contributed by atoms with Gasteiger partial charge < -0.3 is 14.2 Å². The van der Waals surface area contributed by atoms with E-state index in [2.05, 4.69) is 42.9 Å². The second kappa shape index (κ2) is 24.1.